The average Bonchev–Trinajstić information content (AvgIpc) is 2.76. The molecule has 3 nitrogen and oxygen atoms in total. The first-order valence-corrected chi connectivity index (χ1v) is 8.76. The largest absolute Gasteiger partial charge is 0.365 e. The number of nitrogens with zero attached hydrogens (tertiary/aromatic N) is 2. The van der Waals surface area contributed by atoms with Crippen molar-refractivity contribution in [2.75, 3.05) is 5.32 Å². The van der Waals surface area contributed by atoms with Crippen LogP contribution in [-0.2, 0) is 19.4 Å². The number of nitrogens with one attached hydrogen (secondary N) is 1. The summed E-state index contributed by atoms with van der Waals surface area (Å²) in [5.41, 5.74) is 2.77. The number of hydrogen-bond acceptors (Lipinski definition) is 4. The van der Waals surface area contributed by atoms with Gasteiger partial charge < -0.3 is 5.32 Å². The minimum absolute atomic E-state index is 0.803. The second-order valence-electron chi connectivity index (χ2n) is 5.81. The smallest absolute Gasteiger partial charge is 0.138 e. The zero-order valence-electron chi connectivity index (χ0n) is 12.5. The lowest BCUT2D eigenvalue weighted by Crippen LogP contribution is -2.02. The van der Waals surface area contributed by atoms with Crippen molar-refractivity contribution in [3.05, 3.63) is 52.7 Å². The maximum absolute atomic E-state index is 4.52. The maximum atomic E-state index is 4.52. The second kappa shape index (κ2) is 6.05. The minimum Gasteiger partial charge on any atom is -0.365 e. The molecule has 0 fully saturated rings. The highest BCUT2D eigenvalue weighted by atomic mass is 32.1. The molecule has 1 aliphatic carbocycles. The van der Waals surface area contributed by atoms with E-state index < -0.39 is 0 Å². The van der Waals surface area contributed by atoms with Crippen LogP contribution in [0.4, 0.5) is 5.82 Å². The summed E-state index contributed by atoms with van der Waals surface area (Å²) in [5, 5.41) is 4.78. The van der Waals surface area contributed by atoms with Crippen molar-refractivity contribution >= 4 is 27.4 Å². The normalized spacial score (nSPS) is 14.5. The molecule has 4 heteroatoms. The van der Waals surface area contributed by atoms with Crippen LogP contribution >= 0.6 is 11.3 Å². The van der Waals surface area contributed by atoms with Gasteiger partial charge in [-0.05, 0) is 36.8 Å². The highest BCUT2D eigenvalue weighted by Gasteiger charge is 2.18. The first-order valence-electron chi connectivity index (χ1n) is 7.95. The third-order valence-electron chi connectivity index (χ3n) is 4.30. The number of benzene rings is 1. The van der Waals surface area contributed by atoms with Crippen LogP contribution in [0, 0.1) is 0 Å². The number of aryl methyl sites for hydroxylation is 2. The molecule has 0 saturated carbocycles. The Morgan fingerprint density at radius 1 is 1.00 bits per heavy atom. The van der Waals surface area contributed by atoms with E-state index in [1.807, 2.05) is 17.4 Å². The summed E-state index contributed by atoms with van der Waals surface area (Å²) in [6.45, 7) is 0.803. The molecule has 1 N–H and O–H groups in total. The fraction of sp³-hybridized carbons (Fsp3) is 0.333. The van der Waals surface area contributed by atoms with Gasteiger partial charge in [0.25, 0.3) is 0 Å². The molecule has 0 saturated heterocycles. The van der Waals surface area contributed by atoms with Gasteiger partial charge in [-0.3, -0.25) is 0 Å². The van der Waals surface area contributed by atoms with Crippen molar-refractivity contribution in [3.63, 3.8) is 0 Å². The summed E-state index contributed by atoms with van der Waals surface area (Å²) in [6, 6.07) is 10.5. The van der Waals surface area contributed by atoms with Gasteiger partial charge in [-0.1, -0.05) is 36.8 Å². The minimum atomic E-state index is 0.803. The predicted octanol–water partition coefficient (Wildman–Crippen LogP) is 4.57. The molecular weight excluding hydrogens is 290 g/mol. The van der Waals surface area contributed by atoms with Gasteiger partial charge in [0.1, 0.15) is 17.0 Å². The molecule has 1 aromatic carbocycles. The van der Waals surface area contributed by atoms with Crippen LogP contribution in [0.15, 0.2) is 36.7 Å². The molecule has 3 aromatic rings. The van der Waals surface area contributed by atoms with Crippen molar-refractivity contribution in [2.45, 2.75) is 38.6 Å². The van der Waals surface area contributed by atoms with Crippen LogP contribution in [0.5, 0.6) is 0 Å². The zero-order chi connectivity index (χ0) is 14.8. The van der Waals surface area contributed by atoms with Crippen LogP contribution in [0.25, 0.3) is 10.2 Å². The Balaban J connectivity index is 1.69. The fourth-order valence-corrected chi connectivity index (χ4v) is 4.41. The molecule has 4 rings (SSSR count). The molecule has 2 aromatic heterocycles. The maximum Gasteiger partial charge on any atom is 0.138 e. The van der Waals surface area contributed by atoms with E-state index in [-0.39, 0.29) is 0 Å². The molecule has 0 amide bonds. The first-order chi connectivity index (χ1) is 10.9. The van der Waals surface area contributed by atoms with Crippen molar-refractivity contribution < 1.29 is 0 Å². The second-order valence-corrected chi connectivity index (χ2v) is 6.89. The van der Waals surface area contributed by atoms with E-state index in [9.17, 15) is 0 Å². The molecule has 0 unspecified atom stereocenters. The van der Waals surface area contributed by atoms with Gasteiger partial charge in [0.2, 0.25) is 0 Å². The lowest BCUT2D eigenvalue weighted by Gasteiger charge is -2.08. The molecule has 0 radical (unpaired) electrons. The van der Waals surface area contributed by atoms with E-state index in [2.05, 4.69) is 39.6 Å². The number of hydrogen-bond donors (Lipinski definition) is 1. The van der Waals surface area contributed by atoms with E-state index in [1.165, 1.54) is 53.5 Å². The van der Waals surface area contributed by atoms with Crippen molar-refractivity contribution in [1.29, 1.82) is 0 Å². The van der Waals surface area contributed by atoms with Crippen LogP contribution in [0.3, 0.4) is 0 Å². The van der Waals surface area contributed by atoms with E-state index >= 15 is 0 Å². The molecule has 0 atom stereocenters. The predicted molar refractivity (Wildman–Crippen MR) is 92.4 cm³/mol. The third-order valence-corrected chi connectivity index (χ3v) is 5.50. The van der Waals surface area contributed by atoms with Crippen molar-refractivity contribution in [2.24, 2.45) is 0 Å². The van der Waals surface area contributed by atoms with Crippen molar-refractivity contribution in [1.82, 2.24) is 9.97 Å². The van der Waals surface area contributed by atoms with Gasteiger partial charge in [0, 0.05) is 11.4 Å². The fourth-order valence-electron chi connectivity index (χ4n) is 3.18. The number of aromatic nitrogens is 2. The summed E-state index contributed by atoms with van der Waals surface area (Å²) < 4.78 is 0. The monoisotopic (exact) mass is 309 g/mol. The Bertz CT molecular complexity index is 780. The van der Waals surface area contributed by atoms with Gasteiger partial charge in [0.15, 0.2) is 0 Å². The summed E-state index contributed by atoms with van der Waals surface area (Å²) in [4.78, 5) is 11.7. The molecule has 22 heavy (non-hydrogen) atoms. The highest BCUT2D eigenvalue weighted by molar-refractivity contribution is 7.18. The van der Waals surface area contributed by atoms with Crippen LogP contribution < -0.4 is 5.32 Å². The average molecular weight is 309 g/mol. The molecule has 1 aliphatic rings. The molecular formula is C18H19N3S. The third kappa shape index (κ3) is 2.59. The number of rotatable bonds is 3. The van der Waals surface area contributed by atoms with E-state index in [0.717, 1.165) is 17.2 Å². The quantitative estimate of drug-likeness (QED) is 0.720. The number of fused-ring (bicyclic) bond motifs is 3. The molecule has 0 aliphatic heterocycles. The van der Waals surface area contributed by atoms with Crippen LogP contribution in [-0.4, -0.2) is 9.97 Å². The van der Waals surface area contributed by atoms with Crippen molar-refractivity contribution in [3.8, 4) is 0 Å². The summed E-state index contributed by atoms with van der Waals surface area (Å²) in [5.74, 6) is 0.994. The first kappa shape index (κ1) is 13.7. The standard InChI is InChI=1S/C18H19N3S/c1-3-7-13(8-4-1)11-19-17-16-14-9-5-2-6-10-15(14)22-18(16)21-12-20-17/h1,3-4,7-8,12H,2,5-6,9-11H2,(H,19,20,21). The Kier molecular flexibility index (Phi) is 3.77. The van der Waals surface area contributed by atoms with Crippen LogP contribution in [0.1, 0.15) is 35.3 Å². The Hall–Kier alpha value is -1.94. The van der Waals surface area contributed by atoms with Crippen LogP contribution in [0.2, 0.25) is 0 Å². The lowest BCUT2D eigenvalue weighted by atomic mass is 10.1. The zero-order valence-corrected chi connectivity index (χ0v) is 13.3. The number of thiophene rings is 1. The van der Waals surface area contributed by atoms with E-state index in [0.29, 0.717) is 0 Å². The van der Waals surface area contributed by atoms with Gasteiger partial charge in [-0.2, -0.15) is 0 Å². The Morgan fingerprint density at radius 2 is 1.86 bits per heavy atom. The Morgan fingerprint density at radius 3 is 2.77 bits per heavy atom. The highest BCUT2D eigenvalue weighted by Crippen LogP contribution is 2.37. The molecule has 0 spiro atoms. The van der Waals surface area contributed by atoms with Gasteiger partial charge in [0.05, 0.1) is 5.39 Å². The molecule has 2 heterocycles. The Labute approximate surface area is 134 Å². The molecule has 112 valence electrons. The van der Waals surface area contributed by atoms with E-state index in [4.69, 9.17) is 0 Å². The topological polar surface area (TPSA) is 37.8 Å². The summed E-state index contributed by atoms with van der Waals surface area (Å²) in [6.07, 6.45) is 7.98. The van der Waals surface area contributed by atoms with Gasteiger partial charge in [-0.15, -0.1) is 11.3 Å². The SMILES string of the molecule is c1ccc(CNc2ncnc3sc4c(c23)CCCCC4)cc1. The van der Waals surface area contributed by atoms with Gasteiger partial charge >= 0.3 is 0 Å². The molecule has 0 bridgehead atoms. The summed E-state index contributed by atoms with van der Waals surface area (Å²) in [7, 11) is 0. The lowest BCUT2D eigenvalue weighted by molar-refractivity contribution is 0.713. The van der Waals surface area contributed by atoms with Gasteiger partial charge in [-0.25, -0.2) is 9.97 Å². The number of anilines is 1. The summed E-state index contributed by atoms with van der Waals surface area (Å²) >= 11 is 1.86. The van der Waals surface area contributed by atoms with E-state index in [1.54, 1.807) is 6.33 Å².